The molecule has 0 bridgehead atoms. The Balaban J connectivity index is 1.60. The molecular weight excluding hydrogens is 376 g/mol. The fraction of sp³-hybridized carbons (Fsp3) is 0.211. The van der Waals surface area contributed by atoms with Gasteiger partial charge in [-0.05, 0) is 12.1 Å². The number of hydrogen-bond acceptors (Lipinski definition) is 6. The van der Waals surface area contributed by atoms with Gasteiger partial charge in [0.2, 0.25) is 0 Å². The predicted octanol–water partition coefficient (Wildman–Crippen LogP) is 1.98. The lowest BCUT2D eigenvalue weighted by Gasteiger charge is -2.29. The number of para-hydroxylation sites is 1. The van der Waals surface area contributed by atoms with Crippen LogP contribution >= 0.6 is 0 Å². The average Bonchev–Trinajstić information content (AvgIpc) is 3.31. The number of H-pyrrole nitrogens is 1. The van der Waals surface area contributed by atoms with E-state index in [4.69, 9.17) is 0 Å². The van der Waals surface area contributed by atoms with Crippen molar-refractivity contribution in [3.05, 3.63) is 48.4 Å². The maximum Gasteiger partial charge on any atom is 0.173 e. The molecule has 1 N–H and O–H groups in total. The van der Waals surface area contributed by atoms with Crippen molar-refractivity contribution in [3.63, 3.8) is 0 Å². The van der Waals surface area contributed by atoms with E-state index in [-0.39, 0.29) is 11.5 Å². The van der Waals surface area contributed by atoms with Crippen LogP contribution in [0.25, 0.3) is 27.8 Å². The highest BCUT2D eigenvalue weighted by Crippen LogP contribution is 2.34. The standard InChI is InChI=1S/C19H16N6O2S/c20-10-13-11-22-25-5-4-16(23-19(13)25)15-12-21-18-14(15)2-1-3-17(18)24-6-8-28(26,27)9-7-24/h1-5,11-12,21H,6-9H2. The molecule has 1 saturated heterocycles. The Labute approximate surface area is 161 Å². The first-order valence-electron chi connectivity index (χ1n) is 8.86. The molecule has 1 aliphatic heterocycles. The molecule has 4 aromatic rings. The summed E-state index contributed by atoms with van der Waals surface area (Å²) in [4.78, 5) is 10.1. The zero-order valence-corrected chi connectivity index (χ0v) is 15.6. The fourth-order valence-electron chi connectivity index (χ4n) is 3.66. The van der Waals surface area contributed by atoms with Gasteiger partial charge in [-0.1, -0.05) is 12.1 Å². The van der Waals surface area contributed by atoms with Crippen LogP contribution in [-0.2, 0) is 9.84 Å². The molecule has 1 aliphatic rings. The molecule has 0 amide bonds. The number of fused-ring (bicyclic) bond motifs is 2. The van der Waals surface area contributed by atoms with Crippen molar-refractivity contribution >= 4 is 32.1 Å². The molecule has 0 unspecified atom stereocenters. The van der Waals surface area contributed by atoms with Crippen molar-refractivity contribution in [1.82, 2.24) is 19.6 Å². The Kier molecular flexibility index (Phi) is 3.64. The van der Waals surface area contributed by atoms with Crippen molar-refractivity contribution in [3.8, 4) is 17.3 Å². The summed E-state index contributed by atoms with van der Waals surface area (Å²) in [5.74, 6) is 0.348. The molecule has 0 spiro atoms. The van der Waals surface area contributed by atoms with Gasteiger partial charge >= 0.3 is 0 Å². The van der Waals surface area contributed by atoms with Crippen LogP contribution in [0.15, 0.2) is 42.9 Å². The minimum absolute atomic E-state index is 0.174. The number of anilines is 1. The van der Waals surface area contributed by atoms with Crippen LogP contribution < -0.4 is 4.90 Å². The molecule has 28 heavy (non-hydrogen) atoms. The van der Waals surface area contributed by atoms with E-state index in [1.165, 1.54) is 6.20 Å². The lowest BCUT2D eigenvalue weighted by molar-refractivity contribution is 0.587. The number of hydrogen-bond donors (Lipinski definition) is 1. The molecule has 4 heterocycles. The van der Waals surface area contributed by atoms with E-state index in [0.29, 0.717) is 24.3 Å². The number of aromatic nitrogens is 4. The SMILES string of the molecule is N#Cc1cnn2ccc(-c3c[nH]c4c(N5CCS(=O)(=O)CC5)cccc34)nc12. The van der Waals surface area contributed by atoms with Crippen molar-refractivity contribution in [2.75, 3.05) is 29.5 Å². The number of nitrogens with one attached hydrogen (secondary N) is 1. The Morgan fingerprint density at radius 1 is 1.18 bits per heavy atom. The minimum atomic E-state index is -2.93. The van der Waals surface area contributed by atoms with Gasteiger partial charge < -0.3 is 9.88 Å². The summed E-state index contributed by atoms with van der Waals surface area (Å²) >= 11 is 0. The number of rotatable bonds is 2. The van der Waals surface area contributed by atoms with E-state index in [1.54, 1.807) is 10.7 Å². The summed E-state index contributed by atoms with van der Waals surface area (Å²) < 4.78 is 25.1. The number of sulfone groups is 1. The minimum Gasteiger partial charge on any atom is -0.368 e. The fourth-order valence-corrected chi connectivity index (χ4v) is 4.87. The quantitative estimate of drug-likeness (QED) is 0.559. The van der Waals surface area contributed by atoms with Crippen LogP contribution in [-0.4, -0.2) is 52.6 Å². The summed E-state index contributed by atoms with van der Waals surface area (Å²) in [6.45, 7) is 0.975. The van der Waals surface area contributed by atoms with Crippen LogP contribution in [0.2, 0.25) is 0 Å². The maximum absolute atomic E-state index is 11.7. The first kappa shape index (κ1) is 16.8. The molecule has 1 fully saturated rings. The van der Waals surface area contributed by atoms with Crippen LogP contribution in [0.5, 0.6) is 0 Å². The monoisotopic (exact) mass is 392 g/mol. The highest BCUT2D eigenvalue weighted by atomic mass is 32.2. The van der Waals surface area contributed by atoms with Crippen molar-refractivity contribution in [2.45, 2.75) is 0 Å². The third kappa shape index (κ3) is 2.61. The molecular formula is C19H16N6O2S. The maximum atomic E-state index is 11.7. The summed E-state index contributed by atoms with van der Waals surface area (Å²) in [6, 6.07) is 9.96. The van der Waals surface area contributed by atoms with Gasteiger partial charge in [0.1, 0.15) is 11.6 Å². The second kappa shape index (κ2) is 6.07. The lowest BCUT2D eigenvalue weighted by Crippen LogP contribution is -2.40. The van der Waals surface area contributed by atoms with Crippen LogP contribution in [0.1, 0.15) is 5.56 Å². The van der Waals surface area contributed by atoms with Gasteiger partial charge in [-0.15, -0.1) is 0 Å². The third-order valence-electron chi connectivity index (χ3n) is 5.14. The topological polar surface area (TPSA) is 107 Å². The van der Waals surface area contributed by atoms with E-state index in [9.17, 15) is 13.7 Å². The Morgan fingerprint density at radius 3 is 2.79 bits per heavy atom. The van der Waals surface area contributed by atoms with Crippen LogP contribution in [0, 0.1) is 11.3 Å². The Morgan fingerprint density at radius 2 is 2.00 bits per heavy atom. The van der Waals surface area contributed by atoms with Gasteiger partial charge in [0.05, 0.1) is 34.6 Å². The normalized spacial score (nSPS) is 16.5. The number of aromatic amines is 1. The molecule has 1 aromatic carbocycles. The highest BCUT2D eigenvalue weighted by Gasteiger charge is 2.23. The second-order valence-electron chi connectivity index (χ2n) is 6.79. The highest BCUT2D eigenvalue weighted by molar-refractivity contribution is 7.91. The van der Waals surface area contributed by atoms with Crippen molar-refractivity contribution in [1.29, 1.82) is 5.26 Å². The zero-order chi connectivity index (χ0) is 19.3. The number of nitriles is 1. The van der Waals surface area contributed by atoms with E-state index in [2.05, 4.69) is 26.0 Å². The molecule has 0 saturated carbocycles. The van der Waals surface area contributed by atoms with Crippen LogP contribution in [0.3, 0.4) is 0 Å². The summed E-state index contributed by atoms with van der Waals surface area (Å²) in [5, 5.41) is 14.4. The van der Waals surface area contributed by atoms with E-state index in [1.807, 2.05) is 30.5 Å². The predicted molar refractivity (Wildman–Crippen MR) is 106 cm³/mol. The van der Waals surface area contributed by atoms with Gasteiger partial charge in [0, 0.05) is 36.4 Å². The lowest BCUT2D eigenvalue weighted by atomic mass is 10.1. The zero-order valence-electron chi connectivity index (χ0n) is 14.8. The second-order valence-corrected chi connectivity index (χ2v) is 9.10. The van der Waals surface area contributed by atoms with Gasteiger partial charge in [-0.2, -0.15) is 10.4 Å². The van der Waals surface area contributed by atoms with E-state index >= 15 is 0 Å². The summed E-state index contributed by atoms with van der Waals surface area (Å²) in [6.07, 6.45) is 5.19. The van der Waals surface area contributed by atoms with Gasteiger partial charge in [0.15, 0.2) is 15.5 Å². The van der Waals surface area contributed by atoms with E-state index < -0.39 is 9.84 Å². The average molecular weight is 392 g/mol. The third-order valence-corrected chi connectivity index (χ3v) is 6.75. The smallest absolute Gasteiger partial charge is 0.173 e. The molecule has 5 rings (SSSR count). The Hall–Kier alpha value is -3.38. The molecule has 0 atom stereocenters. The largest absolute Gasteiger partial charge is 0.368 e. The van der Waals surface area contributed by atoms with Crippen LogP contribution in [0.4, 0.5) is 5.69 Å². The van der Waals surface area contributed by atoms with Crippen molar-refractivity contribution in [2.24, 2.45) is 0 Å². The van der Waals surface area contributed by atoms with E-state index in [0.717, 1.165) is 27.8 Å². The molecule has 0 radical (unpaired) electrons. The number of nitrogens with zero attached hydrogens (tertiary/aromatic N) is 5. The molecule has 0 aliphatic carbocycles. The van der Waals surface area contributed by atoms with Crippen molar-refractivity contribution < 1.29 is 8.42 Å². The molecule has 3 aromatic heterocycles. The van der Waals surface area contributed by atoms with Gasteiger partial charge in [0.25, 0.3) is 0 Å². The van der Waals surface area contributed by atoms with Gasteiger partial charge in [-0.25, -0.2) is 17.9 Å². The summed E-state index contributed by atoms with van der Waals surface area (Å²) in [7, 11) is -2.93. The molecule has 8 nitrogen and oxygen atoms in total. The Bertz CT molecular complexity index is 1350. The first-order chi connectivity index (χ1) is 13.6. The number of benzene rings is 1. The van der Waals surface area contributed by atoms with Gasteiger partial charge in [-0.3, -0.25) is 0 Å². The first-order valence-corrected chi connectivity index (χ1v) is 10.7. The molecule has 140 valence electrons. The molecule has 9 heteroatoms. The summed E-state index contributed by atoms with van der Waals surface area (Å²) in [5.41, 5.74) is 4.56.